The molecule has 0 saturated carbocycles. The zero-order chi connectivity index (χ0) is 19.4. The molecule has 0 aliphatic heterocycles. The van der Waals surface area contributed by atoms with Crippen molar-refractivity contribution in [3.8, 4) is 0 Å². The first kappa shape index (κ1) is 18.8. The summed E-state index contributed by atoms with van der Waals surface area (Å²) in [6.45, 7) is 4.75. The Hall–Kier alpha value is -2.99. The van der Waals surface area contributed by atoms with Gasteiger partial charge in [0, 0.05) is 17.9 Å². The smallest absolute Gasteiger partial charge is 0.275 e. The Morgan fingerprint density at radius 2 is 2.00 bits per heavy atom. The minimum atomic E-state index is -0.547. The highest BCUT2D eigenvalue weighted by Crippen LogP contribution is 2.24. The van der Waals surface area contributed by atoms with E-state index in [0.717, 1.165) is 11.3 Å². The molecule has 0 spiro atoms. The van der Waals surface area contributed by atoms with Gasteiger partial charge >= 0.3 is 0 Å². The van der Waals surface area contributed by atoms with Crippen molar-refractivity contribution in [1.82, 2.24) is 9.97 Å². The highest BCUT2D eigenvalue weighted by atomic mass is 35.5. The summed E-state index contributed by atoms with van der Waals surface area (Å²) in [6.07, 6.45) is 2.96. The molecule has 0 atom stereocenters. The topological polar surface area (TPSA) is 58.1 Å². The standard InChI is InChI=1S/C20H18ClFN4O/c1-3-26(15-6-4-5-13(2)9-15)19-12-23-18(11-24-19)20(27)25-14-7-8-17(22)16(21)10-14/h4-12H,3H2,1-2H3,(H,25,27). The van der Waals surface area contributed by atoms with Crippen molar-refractivity contribution in [1.29, 1.82) is 0 Å². The van der Waals surface area contributed by atoms with Crippen LogP contribution in [-0.4, -0.2) is 22.4 Å². The van der Waals surface area contributed by atoms with Crippen LogP contribution in [0.1, 0.15) is 23.0 Å². The summed E-state index contributed by atoms with van der Waals surface area (Å²) in [5.41, 5.74) is 2.68. The van der Waals surface area contributed by atoms with Gasteiger partial charge in [0.1, 0.15) is 11.5 Å². The zero-order valence-electron chi connectivity index (χ0n) is 14.9. The molecule has 1 amide bonds. The molecule has 27 heavy (non-hydrogen) atoms. The molecule has 3 aromatic rings. The molecular formula is C20H18ClFN4O. The van der Waals surface area contributed by atoms with Crippen molar-refractivity contribution in [3.05, 3.63) is 77.0 Å². The molecule has 0 fully saturated rings. The fourth-order valence-corrected chi connectivity index (χ4v) is 2.80. The van der Waals surface area contributed by atoms with E-state index >= 15 is 0 Å². The molecule has 138 valence electrons. The van der Waals surface area contributed by atoms with Gasteiger partial charge in [-0.2, -0.15) is 0 Å². The van der Waals surface area contributed by atoms with Gasteiger partial charge in [-0.05, 0) is 49.7 Å². The number of aryl methyl sites for hydroxylation is 1. The van der Waals surface area contributed by atoms with Crippen LogP contribution in [-0.2, 0) is 0 Å². The van der Waals surface area contributed by atoms with Crippen LogP contribution in [0.15, 0.2) is 54.9 Å². The summed E-state index contributed by atoms with van der Waals surface area (Å²) in [7, 11) is 0. The molecule has 3 rings (SSSR count). The fraction of sp³-hybridized carbons (Fsp3) is 0.150. The summed E-state index contributed by atoms with van der Waals surface area (Å²) in [4.78, 5) is 22.9. The fourth-order valence-electron chi connectivity index (χ4n) is 2.62. The summed E-state index contributed by atoms with van der Waals surface area (Å²) < 4.78 is 13.2. The second-order valence-corrected chi connectivity index (χ2v) is 6.33. The molecule has 1 N–H and O–H groups in total. The lowest BCUT2D eigenvalue weighted by molar-refractivity contribution is 0.102. The number of anilines is 3. The van der Waals surface area contributed by atoms with E-state index in [9.17, 15) is 9.18 Å². The molecule has 2 aromatic carbocycles. The van der Waals surface area contributed by atoms with E-state index in [1.54, 1.807) is 6.20 Å². The third kappa shape index (κ3) is 4.41. The van der Waals surface area contributed by atoms with Gasteiger partial charge in [0.05, 0.1) is 17.4 Å². The Morgan fingerprint density at radius 3 is 2.63 bits per heavy atom. The number of nitrogens with zero attached hydrogens (tertiary/aromatic N) is 3. The van der Waals surface area contributed by atoms with Crippen molar-refractivity contribution >= 4 is 34.7 Å². The van der Waals surface area contributed by atoms with E-state index in [-0.39, 0.29) is 10.7 Å². The number of aromatic nitrogens is 2. The Labute approximate surface area is 161 Å². The molecular weight excluding hydrogens is 367 g/mol. The summed E-state index contributed by atoms with van der Waals surface area (Å²) in [6, 6.07) is 12.0. The second-order valence-electron chi connectivity index (χ2n) is 5.93. The maximum atomic E-state index is 13.2. The van der Waals surface area contributed by atoms with Gasteiger partial charge in [-0.3, -0.25) is 4.79 Å². The Morgan fingerprint density at radius 1 is 1.19 bits per heavy atom. The number of carbonyl (C=O) groups is 1. The second kappa shape index (κ2) is 8.14. The molecule has 0 bridgehead atoms. The predicted molar refractivity (Wildman–Crippen MR) is 105 cm³/mol. The lowest BCUT2D eigenvalue weighted by atomic mass is 10.2. The minimum absolute atomic E-state index is 0.0639. The van der Waals surface area contributed by atoms with Crippen LogP contribution in [0.25, 0.3) is 0 Å². The van der Waals surface area contributed by atoms with Crippen LogP contribution in [0.3, 0.4) is 0 Å². The lowest BCUT2D eigenvalue weighted by Gasteiger charge is -2.22. The summed E-state index contributed by atoms with van der Waals surface area (Å²) in [5.74, 6) is -0.352. The quantitative estimate of drug-likeness (QED) is 0.673. The average molecular weight is 385 g/mol. The van der Waals surface area contributed by atoms with E-state index in [0.29, 0.717) is 18.1 Å². The lowest BCUT2D eigenvalue weighted by Crippen LogP contribution is -2.19. The average Bonchev–Trinajstić information content (AvgIpc) is 2.66. The SMILES string of the molecule is CCN(c1cccc(C)c1)c1cnc(C(=O)Nc2ccc(F)c(Cl)c2)cn1. The number of nitrogens with one attached hydrogen (secondary N) is 1. The van der Waals surface area contributed by atoms with Crippen molar-refractivity contribution in [3.63, 3.8) is 0 Å². The van der Waals surface area contributed by atoms with E-state index < -0.39 is 11.7 Å². The number of rotatable bonds is 5. The Bertz CT molecular complexity index is 962. The normalized spacial score (nSPS) is 10.5. The van der Waals surface area contributed by atoms with Gasteiger partial charge in [-0.25, -0.2) is 14.4 Å². The van der Waals surface area contributed by atoms with Gasteiger partial charge in [-0.1, -0.05) is 23.7 Å². The third-order valence-electron chi connectivity index (χ3n) is 3.95. The highest BCUT2D eigenvalue weighted by Gasteiger charge is 2.13. The van der Waals surface area contributed by atoms with E-state index in [4.69, 9.17) is 11.6 Å². The Kier molecular flexibility index (Phi) is 5.66. The molecule has 5 nitrogen and oxygen atoms in total. The van der Waals surface area contributed by atoms with Crippen molar-refractivity contribution in [2.75, 3.05) is 16.8 Å². The number of benzene rings is 2. The largest absolute Gasteiger partial charge is 0.325 e. The molecule has 0 radical (unpaired) electrons. The van der Waals surface area contributed by atoms with Crippen LogP contribution in [0.4, 0.5) is 21.6 Å². The predicted octanol–water partition coefficient (Wildman–Crippen LogP) is 4.99. The number of halogens is 2. The highest BCUT2D eigenvalue weighted by molar-refractivity contribution is 6.31. The van der Waals surface area contributed by atoms with E-state index in [1.807, 2.05) is 36.9 Å². The van der Waals surface area contributed by atoms with Gasteiger partial charge in [0.25, 0.3) is 5.91 Å². The monoisotopic (exact) mass is 384 g/mol. The van der Waals surface area contributed by atoms with Crippen molar-refractivity contribution < 1.29 is 9.18 Å². The van der Waals surface area contributed by atoms with E-state index in [2.05, 4.69) is 21.4 Å². The van der Waals surface area contributed by atoms with Gasteiger partial charge in [0.15, 0.2) is 5.82 Å². The van der Waals surface area contributed by atoms with Gasteiger partial charge in [-0.15, -0.1) is 0 Å². The Balaban J connectivity index is 1.77. The number of carbonyl (C=O) groups excluding carboxylic acids is 1. The molecule has 0 aliphatic carbocycles. The maximum absolute atomic E-state index is 13.2. The van der Waals surface area contributed by atoms with Crippen LogP contribution in [0.2, 0.25) is 5.02 Å². The van der Waals surface area contributed by atoms with Crippen LogP contribution >= 0.6 is 11.6 Å². The first-order valence-corrected chi connectivity index (χ1v) is 8.78. The first-order valence-electron chi connectivity index (χ1n) is 8.40. The minimum Gasteiger partial charge on any atom is -0.325 e. The van der Waals surface area contributed by atoms with Gasteiger partial charge < -0.3 is 10.2 Å². The summed E-state index contributed by atoms with van der Waals surface area (Å²) >= 11 is 5.72. The van der Waals surface area contributed by atoms with E-state index in [1.165, 1.54) is 24.4 Å². The number of hydrogen-bond acceptors (Lipinski definition) is 4. The zero-order valence-corrected chi connectivity index (χ0v) is 15.7. The van der Waals surface area contributed by atoms with Crippen LogP contribution in [0, 0.1) is 12.7 Å². The molecule has 0 aliphatic rings. The number of amides is 1. The molecule has 0 unspecified atom stereocenters. The van der Waals surface area contributed by atoms with Crippen LogP contribution < -0.4 is 10.2 Å². The van der Waals surface area contributed by atoms with Crippen molar-refractivity contribution in [2.24, 2.45) is 0 Å². The van der Waals surface area contributed by atoms with Crippen molar-refractivity contribution in [2.45, 2.75) is 13.8 Å². The molecule has 1 aromatic heterocycles. The third-order valence-corrected chi connectivity index (χ3v) is 4.24. The number of hydrogen-bond donors (Lipinski definition) is 1. The molecule has 1 heterocycles. The maximum Gasteiger partial charge on any atom is 0.275 e. The molecule has 0 saturated heterocycles. The first-order chi connectivity index (χ1) is 13.0. The van der Waals surface area contributed by atoms with Crippen LogP contribution in [0.5, 0.6) is 0 Å². The summed E-state index contributed by atoms with van der Waals surface area (Å²) in [5, 5.41) is 2.56. The molecule has 7 heteroatoms. The van der Waals surface area contributed by atoms with Gasteiger partial charge in [0.2, 0.25) is 0 Å².